The molecule has 0 aromatic rings. The van der Waals surface area contributed by atoms with Crippen molar-refractivity contribution in [2.45, 2.75) is 105 Å². The lowest BCUT2D eigenvalue weighted by atomic mass is 9.81. The van der Waals surface area contributed by atoms with E-state index in [0.717, 1.165) is 5.57 Å². The van der Waals surface area contributed by atoms with E-state index in [1.807, 2.05) is 53.7 Å². The van der Waals surface area contributed by atoms with Gasteiger partial charge in [0.25, 0.3) is 0 Å². The standard InChI is InChI=1S/C33H55NO8/c1-10-11-12-20(4)31(42-33(34)40)24(8)29(37)22(6)16-18(2)15-21(5)28(36)19(3)13-14-26(35)17-27-23(7)30(38)25(9)32(39)41-27/h10-15,19-31,35-38H,1,16-17H2,2-9H3,(H2,34,40)/t19-,20-,21-,22-,23-,24-,25-,26+,27-,28-,29+,30-,31-/m0/s1. The summed E-state index contributed by atoms with van der Waals surface area (Å²) in [5.41, 5.74) is 6.30. The van der Waals surface area contributed by atoms with Gasteiger partial charge in [-0.1, -0.05) is 90.2 Å². The Hall–Kier alpha value is -2.46. The highest BCUT2D eigenvalue weighted by atomic mass is 16.6. The molecule has 1 rings (SSSR count). The Morgan fingerprint density at radius 2 is 1.64 bits per heavy atom. The van der Waals surface area contributed by atoms with Crippen LogP contribution in [-0.4, -0.2) is 69.1 Å². The average molecular weight is 594 g/mol. The van der Waals surface area contributed by atoms with Crippen LogP contribution in [-0.2, 0) is 14.3 Å². The van der Waals surface area contributed by atoms with Crippen molar-refractivity contribution in [1.29, 1.82) is 0 Å². The highest BCUT2D eigenvalue weighted by Crippen LogP contribution is 2.30. The van der Waals surface area contributed by atoms with E-state index in [1.165, 1.54) is 0 Å². The Kier molecular flexibility index (Phi) is 15.7. The van der Waals surface area contributed by atoms with Gasteiger partial charge in [-0.25, -0.2) is 4.79 Å². The molecule has 240 valence electrons. The fraction of sp³-hybridized carbons (Fsp3) is 0.697. The summed E-state index contributed by atoms with van der Waals surface area (Å²) in [5, 5.41) is 42.8. The van der Waals surface area contributed by atoms with Crippen LogP contribution in [0.5, 0.6) is 0 Å². The molecule has 0 spiro atoms. The molecule has 9 nitrogen and oxygen atoms in total. The summed E-state index contributed by atoms with van der Waals surface area (Å²) in [7, 11) is 0. The van der Waals surface area contributed by atoms with Crippen LogP contribution in [0, 0.1) is 41.4 Å². The van der Waals surface area contributed by atoms with Gasteiger partial charge in [-0.2, -0.15) is 0 Å². The molecule has 0 unspecified atom stereocenters. The number of carbonyl (C=O) groups excluding carboxylic acids is 2. The minimum absolute atomic E-state index is 0.152. The fourth-order valence-electron chi connectivity index (χ4n) is 5.80. The number of cyclic esters (lactones) is 1. The van der Waals surface area contributed by atoms with E-state index in [-0.39, 0.29) is 41.9 Å². The highest BCUT2D eigenvalue weighted by molar-refractivity contribution is 5.73. The second kappa shape index (κ2) is 17.6. The van der Waals surface area contributed by atoms with Gasteiger partial charge in [0, 0.05) is 36.0 Å². The van der Waals surface area contributed by atoms with E-state index >= 15 is 0 Å². The number of rotatable bonds is 16. The quantitative estimate of drug-likeness (QED) is 0.101. The van der Waals surface area contributed by atoms with Gasteiger partial charge in [0.15, 0.2) is 0 Å². The highest BCUT2D eigenvalue weighted by Gasteiger charge is 2.41. The number of hydrogen-bond acceptors (Lipinski definition) is 8. The summed E-state index contributed by atoms with van der Waals surface area (Å²) >= 11 is 0. The Bertz CT molecular complexity index is 962. The van der Waals surface area contributed by atoms with Crippen molar-refractivity contribution in [2.24, 2.45) is 47.2 Å². The normalized spacial score (nSPS) is 28.3. The molecule has 0 aromatic carbocycles. The minimum Gasteiger partial charge on any atom is -0.462 e. The average Bonchev–Trinajstić information content (AvgIpc) is 2.93. The Morgan fingerprint density at radius 3 is 2.21 bits per heavy atom. The van der Waals surface area contributed by atoms with E-state index < -0.39 is 54.6 Å². The number of hydrogen-bond donors (Lipinski definition) is 5. The molecule has 1 aliphatic heterocycles. The molecule has 6 N–H and O–H groups in total. The molecule has 1 aliphatic rings. The third-order valence-corrected chi connectivity index (χ3v) is 8.62. The number of aliphatic hydroxyl groups excluding tert-OH is 4. The van der Waals surface area contributed by atoms with Crippen molar-refractivity contribution >= 4 is 12.1 Å². The third-order valence-electron chi connectivity index (χ3n) is 8.62. The van der Waals surface area contributed by atoms with Gasteiger partial charge in [0.1, 0.15) is 12.2 Å². The van der Waals surface area contributed by atoms with Crippen LogP contribution >= 0.6 is 0 Å². The number of allylic oxidation sites excluding steroid dienone is 3. The van der Waals surface area contributed by atoms with Crippen molar-refractivity contribution in [3.05, 3.63) is 48.6 Å². The number of primary amides is 1. The van der Waals surface area contributed by atoms with Crippen molar-refractivity contribution in [3.8, 4) is 0 Å². The Morgan fingerprint density at radius 1 is 1.02 bits per heavy atom. The first-order valence-electron chi connectivity index (χ1n) is 15.0. The molecule has 0 radical (unpaired) electrons. The molecule has 0 saturated carbocycles. The lowest BCUT2D eigenvalue weighted by Crippen LogP contribution is -2.47. The smallest absolute Gasteiger partial charge is 0.404 e. The first kappa shape index (κ1) is 37.6. The van der Waals surface area contributed by atoms with Crippen LogP contribution in [0.25, 0.3) is 0 Å². The molecule has 1 saturated heterocycles. The van der Waals surface area contributed by atoms with E-state index in [4.69, 9.17) is 15.2 Å². The van der Waals surface area contributed by atoms with Gasteiger partial charge in [-0.15, -0.1) is 0 Å². The number of ether oxygens (including phenoxy) is 2. The largest absolute Gasteiger partial charge is 0.462 e. The number of aliphatic hydroxyl groups is 4. The maximum Gasteiger partial charge on any atom is 0.404 e. The summed E-state index contributed by atoms with van der Waals surface area (Å²) < 4.78 is 10.8. The zero-order chi connectivity index (χ0) is 32.3. The van der Waals surface area contributed by atoms with Gasteiger partial charge >= 0.3 is 12.1 Å². The van der Waals surface area contributed by atoms with E-state index in [9.17, 15) is 30.0 Å². The predicted octanol–water partition coefficient (Wildman–Crippen LogP) is 4.30. The second-order valence-corrected chi connectivity index (χ2v) is 12.4. The maximum atomic E-state index is 12.0. The third kappa shape index (κ3) is 11.3. The molecule has 1 fully saturated rings. The van der Waals surface area contributed by atoms with Crippen LogP contribution in [0.4, 0.5) is 4.79 Å². The number of esters is 1. The second-order valence-electron chi connectivity index (χ2n) is 12.4. The van der Waals surface area contributed by atoms with Gasteiger partial charge in [-0.05, 0) is 26.2 Å². The van der Waals surface area contributed by atoms with Gasteiger partial charge in [-0.3, -0.25) is 4.79 Å². The van der Waals surface area contributed by atoms with Crippen LogP contribution in [0.1, 0.15) is 68.2 Å². The van der Waals surface area contributed by atoms with Crippen molar-refractivity contribution in [3.63, 3.8) is 0 Å². The first-order chi connectivity index (χ1) is 19.5. The summed E-state index contributed by atoms with van der Waals surface area (Å²) in [6.07, 6.45) is 6.04. The van der Waals surface area contributed by atoms with Gasteiger partial charge in [0.2, 0.25) is 0 Å². The summed E-state index contributed by atoms with van der Waals surface area (Å²) in [4.78, 5) is 23.5. The molecule has 1 heterocycles. The summed E-state index contributed by atoms with van der Waals surface area (Å²) in [6.45, 7) is 18.5. The molecule has 13 atom stereocenters. The molecule has 0 aliphatic carbocycles. The zero-order valence-electron chi connectivity index (χ0n) is 26.6. The number of carbonyl (C=O) groups is 2. The van der Waals surface area contributed by atoms with Gasteiger partial charge < -0.3 is 35.6 Å². The van der Waals surface area contributed by atoms with Crippen LogP contribution in [0.3, 0.4) is 0 Å². The van der Waals surface area contributed by atoms with E-state index in [0.29, 0.717) is 6.42 Å². The SMILES string of the molecule is C=CC=C[C@H](C)[C@H](OC(N)=O)[C@@H](C)[C@H](O)[C@@H](C)CC(C)=C[C@H](C)[C@@H](O)[C@@H](C)C=C[C@@H](O)C[C@@H]1OC(=O)[C@@H](C)[C@@H](O)[C@H]1C. The summed E-state index contributed by atoms with van der Waals surface area (Å²) in [5.74, 6) is -2.52. The molecule has 0 bridgehead atoms. The topological polar surface area (TPSA) is 160 Å². The van der Waals surface area contributed by atoms with Crippen molar-refractivity contribution in [1.82, 2.24) is 0 Å². The minimum atomic E-state index is -0.894. The van der Waals surface area contributed by atoms with Crippen LogP contribution < -0.4 is 5.73 Å². The number of amides is 1. The lowest BCUT2D eigenvalue weighted by Gasteiger charge is -2.36. The molecule has 1 amide bonds. The van der Waals surface area contributed by atoms with Crippen molar-refractivity contribution < 1.29 is 39.5 Å². The monoisotopic (exact) mass is 593 g/mol. The number of nitrogens with two attached hydrogens (primary N) is 1. The Labute approximate surface area is 252 Å². The van der Waals surface area contributed by atoms with Crippen LogP contribution in [0.2, 0.25) is 0 Å². The molecule has 42 heavy (non-hydrogen) atoms. The molecule has 9 heteroatoms. The van der Waals surface area contributed by atoms with Gasteiger partial charge in [0.05, 0.1) is 30.3 Å². The van der Waals surface area contributed by atoms with Crippen molar-refractivity contribution in [2.75, 3.05) is 0 Å². The van der Waals surface area contributed by atoms with Crippen LogP contribution in [0.15, 0.2) is 48.6 Å². The zero-order valence-corrected chi connectivity index (χ0v) is 26.6. The fourth-order valence-corrected chi connectivity index (χ4v) is 5.80. The Balaban J connectivity index is 2.76. The molecular weight excluding hydrogens is 538 g/mol. The van der Waals surface area contributed by atoms with E-state index in [1.54, 1.807) is 38.2 Å². The lowest BCUT2D eigenvalue weighted by molar-refractivity contribution is -0.179. The first-order valence-corrected chi connectivity index (χ1v) is 15.0. The molecular formula is C33H55NO8. The maximum absolute atomic E-state index is 12.0. The molecule has 0 aromatic heterocycles. The predicted molar refractivity (Wildman–Crippen MR) is 164 cm³/mol. The van der Waals surface area contributed by atoms with E-state index in [2.05, 4.69) is 6.58 Å². The summed E-state index contributed by atoms with van der Waals surface area (Å²) in [6, 6.07) is 0.